The van der Waals surface area contributed by atoms with Gasteiger partial charge in [-0.05, 0) is 49.4 Å². The summed E-state index contributed by atoms with van der Waals surface area (Å²) in [6.07, 6.45) is 7.86. The van der Waals surface area contributed by atoms with E-state index in [1.165, 1.54) is 6.42 Å². The van der Waals surface area contributed by atoms with Crippen molar-refractivity contribution in [2.45, 2.75) is 44.3 Å². The highest BCUT2D eigenvalue weighted by atomic mass is 16.1. The zero-order valence-corrected chi connectivity index (χ0v) is 19.3. The first-order valence-electron chi connectivity index (χ1n) is 12.1. The molecule has 2 fully saturated rings. The van der Waals surface area contributed by atoms with Crippen molar-refractivity contribution in [2.75, 3.05) is 36.9 Å². The number of carbonyl (C=O) groups excluding carboxylic acids is 1. The molecule has 2 aliphatic heterocycles. The summed E-state index contributed by atoms with van der Waals surface area (Å²) >= 11 is 0. The second-order valence-electron chi connectivity index (χ2n) is 9.43. The number of H-pyrrole nitrogens is 1. The first-order chi connectivity index (χ1) is 16.6. The Morgan fingerprint density at radius 2 is 2.06 bits per heavy atom. The Morgan fingerprint density at radius 1 is 1.18 bits per heavy atom. The second-order valence-corrected chi connectivity index (χ2v) is 9.43. The molecule has 1 saturated heterocycles. The topological polar surface area (TPSA) is 106 Å². The highest BCUT2D eigenvalue weighted by Crippen LogP contribution is 2.37. The molecule has 6 rings (SSSR count). The Bertz CT molecular complexity index is 1300. The number of piperazine rings is 1. The van der Waals surface area contributed by atoms with E-state index in [-0.39, 0.29) is 11.5 Å². The van der Waals surface area contributed by atoms with Crippen molar-refractivity contribution in [3.8, 4) is 0 Å². The molecule has 9 heteroatoms. The number of fused-ring (bicyclic) bond motifs is 4. The average molecular weight is 460 g/mol. The first-order valence-corrected chi connectivity index (χ1v) is 12.1. The smallest absolute Gasteiger partial charge is 0.269 e. The van der Waals surface area contributed by atoms with Gasteiger partial charge in [0.05, 0.1) is 23.1 Å². The van der Waals surface area contributed by atoms with Gasteiger partial charge in [0.25, 0.3) is 11.5 Å². The lowest BCUT2D eigenvalue weighted by Gasteiger charge is -2.54. The molecule has 1 amide bonds. The van der Waals surface area contributed by atoms with Gasteiger partial charge in [-0.3, -0.25) is 19.5 Å². The minimum Gasteiger partial charge on any atom is -0.383 e. The highest BCUT2D eigenvalue weighted by Gasteiger charge is 2.43. The van der Waals surface area contributed by atoms with Gasteiger partial charge in [-0.15, -0.1) is 0 Å². The van der Waals surface area contributed by atoms with Crippen LogP contribution in [0.3, 0.4) is 0 Å². The summed E-state index contributed by atoms with van der Waals surface area (Å²) in [5, 5.41) is 5.99. The van der Waals surface area contributed by atoms with Crippen LogP contribution in [0.5, 0.6) is 0 Å². The molecule has 0 radical (unpaired) electrons. The number of amides is 1. The summed E-state index contributed by atoms with van der Waals surface area (Å²) in [5.74, 6) is -0.167. The van der Waals surface area contributed by atoms with Crippen molar-refractivity contribution in [3.05, 3.63) is 57.8 Å². The van der Waals surface area contributed by atoms with E-state index in [1.807, 2.05) is 18.5 Å². The predicted octanol–water partition coefficient (Wildman–Crippen LogP) is 1.89. The Balaban J connectivity index is 1.19. The number of hydrogen-bond acceptors (Lipinski definition) is 7. The fraction of sp³-hybridized carbons (Fsp3) is 0.440. The first kappa shape index (κ1) is 21.1. The van der Waals surface area contributed by atoms with Crippen molar-refractivity contribution >= 4 is 28.3 Å². The quantitative estimate of drug-likeness (QED) is 0.547. The standard InChI is InChI=1S/C25H29N7O2/c1-26-25(34)18-5-4-16(13-28-18)32-10-9-31(20-6-7-21(20)32)14-15-11-19-23(29-12-15)22-17(24(33)30-19)3-2-8-27-22/h4-5,11-13,20-21,27H,2-3,6-10,14H2,1H3,(H,26,34)(H,30,33)/t20-,21-/m1/s1. The van der Waals surface area contributed by atoms with Gasteiger partial charge >= 0.3 is 0 Å². The van der Waals surface area contributed by atoms with Gasteiger partial charge in [0, 0.05) is 57.1 Å². The van der Waals surface area contributed by atoms with Gasteiger partial charge in [-0.1, -0.05) is 0 Å². The van der Waals surface area contributed by atoms with Crippen molar-refractivity contribution in [3.63, 3.8) is 0 Å². The zero-order valence-electron chi connectivity index (χ0n) is 19.3. The van der Waals surface area contributed by atoms with Crippen LogP contribution >= 0.6 is 0 Å². The third-order valence-corrected chi connectivity index (χ3v) is 7.54. The molecule has 9 nitrogen and oxygen atoms in total. The molecule has 176 valence electrons. The number of aromatic nitrogens is 3. The highest BCUT2D eigenvalue weighted by molar-refractivity contribution is 5.92. The van der Waals surface area contributed by atoms with Crippen molar-refractivity contribution in [1.29, 1.82) is 0 Å². The van der Waals surface area contributed by atoms with Gasteiger partial charge in [0.15, 0.2) is 0 Å². The Morgan fingerprint density at radius 3 is 2.82 bits per heavy atom. The van der Waals surface area contributed by atoms with Crippen molar-refractivity contribution in [1.82, 2.24) is 25.2 Å². The molecular weight excluding hydrogens is 430 g/mol. The zero-order chi connectivity index (χ0) is 23.2. The molecule has 3 N–H and O–H groups in total. The molecule has 34 heavy (non-hydrogen) atoms. The number of nitrogens with zero attached hydrogens (tertiary/aromatic N) is 4. The molecule has 2 atom stereocenters. The van der Waals surface area contributed by atoms with Crippen LogP contribution in [0.25, 0.3) is 11.0 Å². The molecule has 3 aromatic heterocycles. The summed E-state index contributed by atoms with van der Waals surface area (Å²) in [7, 11) is 1.61. The molecule has 3 aromatic rings. The number of rotatable bonds is 4. The summed E-state index contributed by atoms with van der Waals surface area (Å²) in [6, 6.07) is 6.81. The number of hydrogen-bond donors (Lipinski definition) is 3. The van der Waals surface area contributed by atoms with Crippen LogP contribution in [0, 0.1) is 0 Å². The maximum atomic E-state index is 12.6. The van der Waals surface area contributed by atoms with Gasteiger partial charge in [0.2, 0.25) is 0 Å². The van der Waals surface area contributed by atoms with E-state index >= 15 is 0 Å². The Hall–Kier alpha value is -3.46. The monoisotopic (exact) mass is 459 g/mol. The molecular formula is C25H29N7O2. The fourth-order valence-electron chi connectivity index (χ4n) is 5.64. The minimum absolute atomic E-state index is 0.00244. The number of aromatic amines is 1. The van der Waals surface area contributed by atoms with E-state index in [0.29, 0.717) is 17.8 Å². The summed E-state index contributed by atoms with van der Waals surface area (Å²) in [5.41, 5.74) is 6.02. The maximum Gasteiger partial charge on any atom is 0.269 e. The summed E-state index contributed by atoms with van der Waals surface area (Å²) < 4.78 is 0. The van der Waals surface area contributed by atoms with Gasteiger partial charge < -0.3 is 20.5 Å². The normalized spacial score (nSPS) is 21.9. The lowest BCUT2D eigenvalue weighted by Crippen LogP contribution is -2.64. The summed E-state index contributed by atoms with van der Waals surface area (Å²) in [6.45, 7) is 3.56. The molecule has 3 aliphatic rings. The molecule has 0 unspecified atom stereocenters. The Kier molecular flexibility index (Phi) is 5.21. The van der Waals surface area contributed by atoms with E-state index in [9.17, 15) is 9.59 Å². The van der Waals surface area contributed by atoms with Crippen LogP contribution in [0.1, 0.15) is 40.9 Å². The van der Waals surface area contributed by atoms with Gasteiger partial charge in [0.1, 0.15) is 11.2 Å². The second kappa shape index (κ2) is 8.39. The largest absolute Gasteiger partial charge is 0.383 e. The number of pyridine rings is 3. The molecule has 0 bridgehead atoms. The van der Waals surface area contributed by atoms with Crippen LogP contribution in [0.15, 0.2) is 35.4 Å². The lowest BCUT2D eigenvalue weighted by atomic mass is 9.81. The third-order valence-electron chi connectivity index (χ3n) is 7.54. The van der Waals surface area contributed by atoms with Gasteiger partial charge in [-0.2, -0.15) is 0 Å². The van der Waals surface area contributed by atoms with Crippen LogP contribution in [0.4, 0.5) is 11.4 Å². The molecule has 1 aliphatic carbocycles. The van der Waals surface area contributed by atoms with Crippen LogP contribution in [-0.4, -0.2) is 64.5 Å². The van der Waals surface area contributed by atoms with E-state index < -0.39 is 0 Å². The lowest BCUT2D eigenvalue weighted by molar-refractivity contribution is 0.0658. The predicted molar refractivity (Wildman–Crippen MR) is 131 cm³/mol. The molecule has 0 aromatic carbocycles. The van der Waals surface area contributed by atoms with E-state index in [0.717, 1.165) is 79.0 Å². The van der Waals surface area contributed by atoms with E-state index in [2.05, 4.69) is 36.5 Å². The SMILES string of the molecule is CNC(=O)c1ccc(N2CCN(Cc3cnc4c5c(c(=O)[nH]c4c3)CCCN5)[C@@H]3CC[C@H]32)cn1. The minimum atomic E-state index is -0.167. The number of anilines is 2. The van der Waals surface area contributed by atoms with Gasteiger partial charge in [-0.25, -0.2) is 4.98 Å². The van der Waals surface area contributed by atoms with E-state index in [1.54, 1.807) is 13.1 Å². The fourth-order valence-corrected chi connectivity index (χ4v) is 5.64. The summed E-state index contributed by atoms with van der Waals surface area (Å²) in [4.78, 5) is 41.5. The molecule has 5 heterocycles. The molecule has 1 saturated carbocycles. The van der Waals surface area contributed by atoms with Crippen LogP contribution < -0.4 is 21.1 Å². The maximum absolute atomic E-state index is 12.6. The number of nitrogens with one attached hydrogen (secondary N) is 3. The van der Waals surface area contributed by atoms with Crippen LogP contribution in [-0.2, 0) is 13.0 Å². The van der Waals surface area contributed by atoms with Crippen molar-refractivity contribution in [2.24, 2.45) is 0 Å². The molecule has 0 spiro atoms. The third kappa shape index (κ3) is 3.51. The Labute approximate surface area is 197 Å². The van der Waals surface area contributed by atoms with E-state index in [4.69, 9.17) is 4.98 Å². The average Bonchev–Trinajstić information content (AvgIpc) is 2.84. The van der Waals surface area contributed by atoms with Crippen LogP contribution in [0.2, 0.25) is 0 Å². The van der Waals surface area contributed by atoms with Crippen molar-refractivity contribution < 1.29 is 4.79 Å². The number of carbonyl (C=O) groups is 1.